The number of halogens is 4. The molecule has 1 heterocycles. The molecule has 0 spiro atoms. The van der Waals surface area contributed by atoms with Crippen LogP contribution in [0.3, 0.4) is 0 Å². The lowest BCUT2D eigenvalue weighted by atomic mass is 10.3. The van der Waals surface area contributed by atoms with Gasteiger partial charge in [-0.15, -0.1) is 13.2 Å². The minimum absolute atomic E-state index is 0.157. The maximum absolute atomic E-state index is 11.8. The van der Waals surface area contributed by atoms with Crippen molar-refractivity contribution in [1.82, 2.24) is 4.98 Å². The first-order valence-corrected chi connectivity index (χ1v) is 4.52. The molecule has 0 aliphatic heterocycles. The number of aromatic nitrogens is 1. The van der Waals surface area contributed by atoms with Gasteiger partial charge in [-0.05, 0) is 28.7 Å². The average molecular weight is 319 g/mol. The van der Waals surface area contributed by atoms with E-state index in [0.717, 1.165) is 12.3 Å². The van der Waals surface area contributed by atoms with Gasteiger partial charge in [0.2, 0.25) is 0 Å². The quantitative estimate of drug-likeness (QED) is 0.849. The zero-order valence-corrected chi connectivity index (χ0v) is 8.83. The minimum Gasteiger partial charge on any atom is -0.405 e. The predicted octanol–water partition coefficient (Wildman–Crippen LogP) is 2.08. The monoisotopic (exact) mass is 319 g/mol. The lowest BCUT2D eigenvalue weighted by Gasteiger charge is -2.11. The highest BCUT2D eigenvalue weighted by Crippen LogP contribution is 2.28. The highest BCUT2D eigenvalue weighted by atomic mass is 127. The molecule has 7 heteroatoms. The first kappa shape index (κ1) is 11.5. The van der Waals surface area contributed by atoms with E-state index < -0.39 is 13.0 Å². The van der Waals surface area contributed by atoms with Crippen molar-refractivity contribution in [2.24, 2.45) is 0 Å². The SMILES string of the molecule is OCc1nccc(OC(F)(F)F)c1I. The van der Waals surface area contributed by atoms with E-state index in [1.54, 1.807) is 22.6 Å². The number of pyridine rings is 1. The fraction of sp³-hybridized carbons (Fsp3) is 0.286. The van der Waals surface area contributed by atoms with E-state index in [0.29, 0.717) is 0 Å². The molecule has 0 aliphatic carbocycles. The van der Waals surface area contributed by atoms with Crippen LogP contribution in [-0.4, -0.2) is 16.5 Å². The summed E-state index contributed by atoms with van der Waals surface area (Å²) in [5.74, 6) is -0.350. The highest BCUT2D eigenvalue weighted by molar-refractivity contribution is 14.1. The van der Waals surface area contributed by atoms with Crippen LogP contribution in [-0.2, 0) is 6.61 Å². The Bertz CT molecular complexity index is 329. The lowest BCUT2D eigenvalue weighted by Crippen LogP contribution is -2.18. The molecule has 78 valence electrons. The standard InChI is InChI=1S/C7H5F3INO2/c8-7(9,10)14-5-1-2-12-4(3-13)6(5)11/h1-2,13H,3H2. The maximum Gasteiger partial charge on any atom is 0.573 e. The second-order valence-corrected chi connectivity index (χ2v) is 3.35. The second kappa shape index (κ2) is 4.30. The van der Waals surface area contributed by atoms with E-state index >= 15 is 0 Å². The fourth-order valence-corrected chi connectivity index (χ4v) is 1.38. The summed E-state index contributed by atoms with van der Waals surface area (Å²) in [7, 11) is 0. The first-order valence-electron chi connectivity index (χ1n) is 3.44. The van der Waals surface area contributed by atoms with E-state index in [2.05, 4.69) is 9.72 Å². The molecule has 0 saturated heterocycles. The van der Waals surface area contributed by atoms with Crippen molar-refractivity contribution >= 4 is 22.6 Å². The highest BCUT2D eigenvalue weighted by Gasteiger charge is 2.32. The third-order valence-electron chi connectivity index (χ3n) is 1.30. The molecule has 14 heavy (non-hydrogen) atoms. The van der Waals surface area contributed by atoms with Crippen LogP contribution in [0.1, 0.15) is 5.69 Å². The van der Waals surface area contributed by atoms with Crippen LogP contribution >= 0.6 is 22.6 Å². The van der Waals surface area contributed by atoms with Gasteiger partial charge in [0.05, 0.1) is 15.9 Å². The van der Waals surface area contributed by atoms with Gasteiger partial charge in [-0.25, -0.2) is 0 Å². The number of ether oxygens (including phenoxy) is 1. The molecule has 1 rings (SSSR count). The van der Waals surface area contributed by atoms with Crippen LogP contribution in [0.15, 0.2) is 12.3 Å². The molecular weight excluding hydrogens is 314 g/mol. The summed E-state index contributed by atoms with van der Waals surface area (Å²) in [5.41, 5.74) is 0.160. The van der Waals surface area contributed by atoms with Gasteiger partial charge in [0.25, 0.3) is 0 Å². The number of rotatable bonds is 2. The summed E-state index contributed by atoms with van der Waals surface area (Å²) in [6.07, 6.45) is -3.58. The van der Waals surface area contributed by atoms with E-state index in [1.165, 1.54) is 0 Å². The largest absolute Gasteiger partial charge is 0.573 e. The minimum atomic E-state index is -4.73. The molecule has 0 radical (unpaired) electrons. The Kier molecular flexibility index (Phi) is 3.53. The van der Waals surface area contributed by atoms with Gasteiger partial charge in [0.1, 0.15) is 5.75 Å². The van der Waals surface area contributed by atoms with Crippen LogP contribution in [0.25, 0.3) is 0 Å². The van der Waals surface area contributed by atoms with Crippen molar-refractivity contribution in [2.45, 2.75) is 13.0 Å². The number of aliphatic hydroxyl groups excluding tert-OH is 1. The van der Waals surface area contributed by atoms with Gasteiger partial charge < -0.3 is 9.84 Å². The summed E-state index contributed by atoms with van der Waals surface area (Å²) < 4.78 is 39.4. The van der Waals surface area contributed by atoms with Crippen LogP contribution in [0, 0.1) is 3.57 Å². The molecular formula is C7H5F3INO2. The molecule has 0 aliphatic rings. The Morgan fingerprint density at radius 2 is 2.14 bits per heavy atom. The number of aliphatic hydroxyl groups is 1. The van der Waals surface area contributed by atoms with Crippen molar-refractivity contribution in [3.8, 4) is 5.75 Å². The Labute approximate surface area is 91.0 Å². The lowest BCUT2D eigenvalue weighted by molar-refractivity contribution is -0.275. The van der Waals surface area contributed by atoms with Gasteiger partial charge in [0, 0.05) is 6.20 Å². The summed E-state index contributed by atoms with van der Waals surface area (Å²) in [6.45, 7) is -0.423. The number of hydrogen-bond acceptors (Lipinski definition) is 3. The third-order valence-corrected chi connectivity index (χ3v) is 2.46. The smallest absolute Gasteiger partial charge is 0.405 e. The van der Waals surface area contributed by atoms with Gasteiger partial charge >= 0.3 is 6.36 Å². The first-order chi connectivity index (χ1) is 6.44. The molecule has 0 atom stereocenters. The van der Waals surface area contributed by atoms with E-state index in [-0.39, 0.29) is 15.0 Å². The predicted molar refractivity (Wildman–Crippen MR) is 49.6 cm³/mol. The molecule has 0 unspecified atom stereocenters. The molecule has 0 saturated carbocycles. The van der Waals surface area contributed by atoms with Crippen LogP contribution in [0.5, 0.6) is 5.75 Å². The number of hydrogen-bond donors (Lipinski definition) is 1. The summed E-state index contributed by atoms with van der Waals surface area (Å²) in [6, 6.07) is 1.09. The van der Waals surface area contributed by atoms with Crippen molar-refractivity contribution in [2.75, 3.05) is 0 Å². The maximum atomic E-state index is 11.8. The van der Waals surface area contributed by atoms with Crippen LogP contribution in [0.4, 0.5) is 13.2 Å². The van der Waals surface area contributed by atoms with E-state index in [4.69, 9.17) is 5.11 Å². The van der Waals surface area contributed by atoms with Crippen LogP contribution in [0.2, 0.25) is 0 Å². The van der Waals surface area contributed by atoms with Gasteiger partial charge in [-0.1, -0.05) is 0 Å². The number of alkyl halides is 3. The molecule has 0 fully saturated rings. The summed E-state index contributed by atoms with van der Waals surface area (Å²) in [5, 5.41) is 8.74. The normalized spacial score (nSPS) is 11.5. The average Bonchev–Trinajstić information content (AvgIpc) is 2.06. The van der Waals surface area contributed by atoms with Gasteiger partial charge in [-0.3, -0.25) is 4.98 Å². The zero-order valence-electron chi connectivity index (χ0n) is 6.68. The Hall–Kier alpha value is -0.570. The van der Waals surface area contributed by atoms with E-state index in [1.807, 2.05) is 0 Å². The van der Waals surface area contributed by atoms with Crippen LogP contribution < -0.4 is 4.74 Å². The second-order valence-electron chi connectivity index (χ2n) is 2.28. The van der Waals surface area contributed by atoms with E-state index in [9.17, 15) is 13.2 Å². The molecule has 3 nitrogen and oxygen atoms in total. The Balaban J connectivity index is 2.98. The molecule has 0 amide bonds. The molecule has 1 aromatic rings. The Morgan fingerprint density at radius 3 is 2.64 bits per heavy atom. The van der Waals surface area contributed by atoms with Crippen molar-refractivity contribution in [3.05, 3.63) is 21.5 Å². The van der Waals surface area contributed by atoms with Gasteiger partial charge in [0.15, 0.2) is 0 Å². The van der Waals surface area contributed by atoms with Gasteiger partial charge in [-0.2, -0.15) is 0 Å². The molecule has 0 aromatic carbocycles. The number of nitrogens with zero attached hydrogens (tertiary/aromatic N) is 1. The fourth-order valence-electron chi connectivity index (χ4n) is 0.781. The van der Waals surface area contributed by atoms with Crippen molar-refractivity contribution in [3.63, 3.8) is 0 Å². The third kappa shape index (κ3) is 2.98. The Morgan fingerprint density at radius 1 is 1.50 bits per heavy atom. The summed E-state index contributed by atoms with van der Waals surface area (Å²) >= 11 is 1.63. The molecule has 1 aromatic heterocycles. The molecule has 1 N–H and O–H groups in total. The van der Waals surface area contributed by atoms with Crippen molar-refractivity contribution < 1.29 is 23.0 Å². The topological polar surface area (TPSA) is 42.4 Å². The summed E-state index contributed by atoms with van der Waals surface area (Å²) in [4.78, 5) is 3.68. The van der Waals surface area contributed by atoms with Crippen molar-refractivity contribution in [1.29, 1.82) is 0 Å². The molecule has 0 bridgehead atoms. The zero-order chi connectivity index (χ0) is 10.8.